The van der Waals surface area contributed by atoms with Gasteiger partial charge < -0.3 is 5.32 Å². The molecule has 4 heteroatoms. The maximum Gasteiger partial charge on any atom is 0.0776 e. The van der Waals surface area contributed by atoms with E-state index < -0.39 is 0 Å². The van der Waals surface area contributed by atoms with E-state index in [-0.39, 0.29) is 0 Å². The van der Waals surface area contributed by atoms with Crippen molar-refractivity contribution in [3.05, 3.63) is 70.9 Å². The van der Waals surface area contributed by atoms with E-state index in [9.17, 15) is 0 Å². The summed E-state index contributed by atoms with van der Waals surface area (Å²) < 4.78 is 2.07. The van der Waals surface area contributed by atoms with Crippen LogP contribution in [0, 0.1) is 0 Å². The van der Waals surface area contributed by atoms with Gasteiger partial charge in [0.1, 0.15) is 0 Å². The summed E-state index contributed by atoms with van der Waals surface area (Å²) in [5.74, 6) is 0. The molecule has 0 amide bonds. The molecule has 1 aliphatic heterocycles. The zero-order chi connectivity index (χ0) is 15.6. The first-order valence-electron chi connectivity index (χ1n) is 7.96. The molecule has 0 saturated heterocycles. The lowest BCUT2D eigenvalue weighted by molar-refractivity contribution is 0.697. The lowest BCUT2D eigenvalue weighted by atomic mass is 10.0. The average molecular weight is 324 g/mol. The largest absolute Gasteiger partial charge is 0.316 e. The minimum Gasteiger partial charge on any atom is -0.316 e. The minimum absolute atomic E-state index is 0.743. The van der Waals surface area contributed by atoms with Crippen molar-refractivity contribution in [3.63, 3.8) is 0 Å². The maximum absolute atomic E-state index is 6.04. The normalized spacial score (nSPS) is 14.3. The molecule has 23 heavy (non-hydrogen) atoms. The fourth-order valence-electron chi connectivity index (χ4n) is 3.17. The zero-order valence-electron chi connectivity index (χ0n) is 12.8. The van der Waals surface area contributed by atoms with E-state index in [1.165, 1.54) is 22.5 Å². The smallest absolute Gasteiger partial charge is 0.0776 e. The molecule has 0 aliphatic carbocycles. The number of nitrogens with one attached hydrogen (secondary N) is 1. The van der Waals surface area contributed by atoms with Gasteiger partial charge in [0.25, 0.3) is 0 Å². The minimum atomic E-state index is 0.743. The van der Waals surface area contributed by atoms with Crippen LogP contribution in [0.1, 0.15) is 11.3 Å². The molecular formula is C19H18ClN3. The van der Waals surface area contributed by atoms with E-state index in [4.69, 9.17) is 16.7 Å². The van der Waals surface area contributed by atoms with Crippen LogP contribution in [0.2, 0.25) is 5.02 Å². The van der Waals surface area contributed by atoms with Gasteiger partial charge in [0, 0.05) is 29.1 Å². The highest BCUT2D eigenvalue weighted by Crippen LogP contribution is 2.30. The first kappa shape index (κ1) is 14.5. The monoisotopic (exact) mass is 323 g/mol. The molecule has 0 spiro atoms. The molecule has 1 N–H and O–H groups in total. The molecule has 0 radical (unpaired) electrons. The standard InChI is InChI=1S/C19H18ClN3/c20-15-6-8-16(9-7-15)23-19(14-4-2-1-3-5-14)17-10-12-21-13-11-18(17)22-23/h1-9,21H,10-13H2. The van der Waals surface area contributed by atoms with E-state index >= 15 is 0 Å². The number of benzene rings is 2. The summed E-state index contributed by atoms with van der Waals surface area (Å²) in [6.07, 6.45) is 1.98. The molecule has 0 fully saturated rings. The Bertz CT molecular complexity index is 807. The van der Waals surface area contributed by atoms with Crippen molar-refractivity contribution >= 4 is 11.6 Å². The Morgan fingerprint density at radius 2 is 1.65 bits per heavy atom. The predicted octanol–water partition coefficient (Wildman–Crippen LogP) is 3.88. The topological polar surface area (TPSA) is 29.9 Å². The lowest BCUT2D eigenvalue weighted by Crippen LogP contribution is -2.17. The molecule has 0 atom stereocenters. The Morgan fingerprint density at radius 3 is 2.43 bits per heavy atom. The van der Waals surface area contributed by atoms with Crippen molar-refractivity contribution < 1.29 is 0 Å². The fourth-order valence-corrected chi connectivity index (χ4v) is 3.29. The Morgan fingerprint density at radius 1 is 0.913 bits per heavy atom. The van der Waals surface area contributed by atoms with Gasteiger partial charge in [-0.2, -0.15) is 5.10 Å². The molecule has 0 bridgehead atoms. The average Bonchev–Trinajstić information content (AvgIpc) is 2.79. The van der Waals surface area contributed by atoms with Crippen LogP contribution in [0.15, 0.2) is 54.6 Å². The zero-order valence-corrected chi connectivity index (χ0v) is 13.6. The number of rotatable bonds is 2. The molecule has 1 aliphatic rings. The van der Waals surface area contributed by atoms with E-state index in [2.05, 4.69) is 34.3 Å². The lowest BCUT2D eigenvalue weighted by Gasteiger charge is -2.10. The van der Waals surface area contributed by atoms with E-state index in [1.54, 1.807) is 0 Å². The second-order valence-corrected chi connectivity index (χ2v) is 6.21. The summed E-state index contributed by atoms with van der Waals surface area (Å²) in [5.41, 5.74) is 6.01. The van der Waals surface area contributed by atoms with Crippen LogP contribution >= 0.6 is 11.6 Å². The summed E-state index contributed by atoms with van der Waals surface area (Å²) in [6.45, 7) is 1.98. The van der Waals surface area contributed by atoms with E-state index in [0.717, 1.165) is 36.6 Å². The van der Waals surface area contributed by atoms with E-state index in [0.29, 0.717) is 0 Å². The molecule has 3 nitrogen and oxygen atoms in total. The summed E-state index contributed by atoms with van der Waals surface area (Å²) >= 11 is 6.04. The first-order valence-corrected chi connectivity index (χ1v) is 8.33. The molecular weight excluding hydrogens is 306 g/mol. The van der Waals surface area contributed by atoms with Gasteiger partial charge in [-0.05, 0) is 37.2 Å². The summed E-state index contributed by atoms with van der Waals surface area (Å²) in [7, 11) is 0. The van der Waals surface area contributed by atoms with Gasteiger partial charge in [-0.25, -0.2) is 4.68 Å². The van der Waals surface area contributed by atoms with Gasteiger partial charge in [-0.1, -0.05) is 41.9 Å². The summed E-state index contributed by atoms with van der Waals surface area (Å²) in [5, 5.41) is 9.12. The molecule has 2 aromatic carbocycles. The van der Waals surface area contributed by atoms with Gasteiger partial charge in [0.2, 0.25) is 0 Å². The SMILES string of the molecule is Clc1ccc(-n2nc3c(c2-c2ccccc2)CCNCC3)cc1. The fraction of sp³-hybridized carbons (Fsp3) is 0.211. The van der Waals surface area contributed by atoms with Crippen molar-refractivity contribution in [2.45, 2.75) is 12.8 Å². The van der Waals surface area contributed by atoms with Gasteiger partial charge in [0.15, 0.2) is 0 Å². The molecule has 1 aromatic heterocycles. The van der Waals surface area contributed by atoms with Crippen LogP contribution in [-0.2, 0) is 12.8 Å². The molecule has 3 aromatic rings. The number of hydrogen-bond donors (Lipinski definition) is 1. The van der Waals surface area contributed by atoms with Gasteiger partial charge in [-0.15, -0.1) is 0 Å². The van der Waals surface area contributed by atoms with Crippen molar-refractivity contribution in [3.8, 4) is 16.9 Å². The molecule has 0 saturated carbocycles. The van der Waals surface area contributed by atoms with Crippen LogP contribution in [0.3, 0.4) is 0 Å². The molecule has 116 valence electrons. The third kappa shape index (κ3) is 2.78. The van der Waals surface area contributed by atoms with E-state index in [1.807, 2.05) is 30.3 Å². The maximum atomic E-state index is 6.04. The number of halogens is 1. The Hall–Kier alpha value is -2.10. The first-order chi connectivity index (χ1) is 11.3. The van der Waals surface area contributed by atoms with Crippen LogP contribution < -0.4 is 5.32 Å². The van der Waals surface area contributed by atoms with Crippen LogP contribution in [0.25, 0.3) is 16.9 Å². The van der Waals surface area contributed by atoms with Gasteiger partial charge in [-0.3, -0.25) is 0 Å². The third-order valence-electron chi connectivity index (χ3n) is 4.28. The van der Waals surface area contributed by atoms with Crippen LogP contribution in [-0.4, -0.2) is 22.9 Å². The summed E-state index contributed by atoms with van der Waals surface area (Å²) in [4.78, 5) is 0. The van der Waals surface area contributed by atoms with Crippen molar-refractivity contribution in [1.29, 1.82) is 0 Å². The number of aromatic nitrogens is 2. The Labute approximate surface area is 140 Å². The quantitative estimate of drug-likeness (QED) is 0.775. The van der Waals surface area contributed by atoms with Gasteiger partial charge >= 0.3 is 0 Å². The van der Waals surface area contributed by atoms with Gasteiger partial charge in [0.05, 0.1) is 17.1 Å². The van der Waals surface area contributed by atoms with Crippen molar-refractivity contribution in [2.24, 2.45) is 0 Å². The molecule has 0 unspecified atom stereocenters. The highest BCUT2D eigenvalue weighted by molar-refractivity contribution is 6.30. The van der Waals surface area contributed by atoms with Crippen LogP contribution in [0.5, 0.6) is 0 Å². The third-order valence-corrected chi connectivity index (χ3v) is 4.53. The number of fused-ring (bicyclic) bond motifs is 1. The number of nitrogens with zero attached hydrogens (tertiary/aromatic N) is 2. The van der Waals surface area contributed by atoms with Crippen molar-refractivity contribution in [1.82, 2.24) is 15.1 Å². The second-order valence-electron chi connectivity index (χ2n) is 5.78. The Kier molecular flexibility index (Phi) is 3.90. The Balaban J connectivity index is 1.93. The predicted molar refractivity (Wildman–Crippen MR) is 94.3 cm³/mol. The van der Waals surface area contributed by atoms with Crippen LogP contribution in [0.4, 0.5) is 0 Å². The summed E-state index contributed by atoms with van der Waals surface area (Å²) in [6, 6.07) is 18.4. The second kappa shape index (κ2) is 6.19. The molecule has 4 rings (SSSR count). The van der Waals surface area contributed by atoms with Crippen molar-refractivity contribution in [2.75, 3.05) is 13.1 Å². The highest BCUT2D eigenvalue weighted by atomic mass is 35.5. The highest BCUT2D eigenvalue weighted by Gasteiger charge is 2.21. The molecule has 2 heterocycles. The number of hydrogen-bond acceptors (Lipinski definition) is 2.